The molecule has 6 nitrogen and oxygen atoms in total. The summed E-state index contributed by atoms with van der Waals surface area (Å²) in [5.74, 6) is 2.79. The van der Waals surface area contributed by atoms with Crippen molar-refractivity contribution in [2.24, 2.45) is 5.10 Å². The van der Waals surface area contributed by atoms with Gasteiger partial charge in [0.15, 0.2) is 23.0 Å². The molecule has 0 fully saturated rings. The van der Waals surface area contributed by atoms with E-state index >= 15 is 0 Å². The van der Waals surface area contributed by atoms with Crippen LogP contribution in [0.4, 0.5) is 0 Å². The number of ether oxygens (including phenoxy) is 4. The molecule has 0 saturated heterocycles. The highest BCUT2D eigenvalue weighted by Gasteiger charge is 2.08. The Hall–Kier alpha value is -4.19. The van der Waals surface area contributed by atoms with Crippen molar-refractivity contribution in [3.05, 3.63) is 95.6 Å². The van der Waals surface area contributed by atoms with Crippen LogP contribution in [0.3, 0.4) is 0 Å². The van der Waals surface area contributed by atoms with Crippen LogP contribution < -0.4 is 24.4 Å². The van der Waals surface area contributed by atoms with Gasteiger partial charge in [0.1, 0.15) is 6.61 Å². The Bertz CT molecular complexity index is 1300. The minimum atomic E-state index is 0.460. The van der Waals surface area contributed by atoms with Crippen LogP contribution in [-0.2, 0) is 13.2 Å². The first-order chi connectivity index (χ1) is 17.2. The number of hydrazone groups is 1. The van der Waals surface area contributed by atoms with Gasteiger partial charge in [0, 0.05) is 0 Å². The SMILES string of the molecule is CCOc1cc(/C=N\NCc2ccc(OC)c(OC)c2)ccc1OCc1cccc2ccccc12. The van der Waals surface area contributed by atoms with Crippen LogP contribution in [0.2, 0.25) is 0 Å². The lowest BCUT2D eigenvalue weighted by Crippen LogP contribution is -2.06. The van der Waals surface area contributed by atoms with Crippen LogP contribution in [-0.4, -0.2) is 27.0 Å². The molecule has 35 heavy (non-hydrogen) atoms. The Labute approximate surface area is 206 Å². The van der Waals surface area contributed by atoms with Gasteiger partial charge >= 0.3 is 0 Å². The summed E-state index contributed by atoms with van der Waals surface area (Å²) in [5.41, 5.74) is 6.15. The highest BCUT2D eigenvalue weighted by Crippen LogP contribution is 2.30. The second kappa shape index (κ2) is 11.8. The van der Waals surface area contributed by atoms with Gasteiger partial charge in [0.05, 0.1) is 33.6 Å². The van der Waals surface area contributed by atoms with E-state index in [-0.39, 0.29) is 0 Å². The molecule has 0 spiro atoms. The van der Waals surface area contributed by atoms with Crippen LogP contribution in [0.15, 0.2) is 84.0 Å². The van der Waals surface area contributed by atoms with E-state index in [2.05, 4.69) is 40.9 Å². The maximum Gasteiger partial charge on any atom is 0.161 e. The molecule has 180 valence electrons. The molecule has 0 heterocycles. The average Bonchev–Trinajstić information content (AvgIpc) is 2.90. The van der Waals surface area contributed by atoms with Gasteiger partial charge in [-0.2, -0.15) is 5.10 Å². The first-order valence-electron chi connectivity index (χ1n) is 11.5. The number of nitrogens with one attached hydrogen (secondary N) is 1. The number of methoxy groups -OCH3 is 2. The van der Waals surface area contributed by atoms with Gasteiger partial charge in [-0.15, -0.1) is 0 Å². The second-order valence-corrected chi connectivity index (χ2v) is 7.85. The zero-order valence-electron chi connectivity index (χ0n) is 20.3. The van der Waals surface area contributed by atoms with Crippen LogP contribution in [0.5, 0.6) is 23.0 Å². The lowest BCUT2D eigenvalue weighted by Gasteiger charge is -2.14. The van der Waals surface area contributed by atoms with Crippen LogP contribution in [0.25, 0.3) is 10.8 Å². The van der Waals surface area contributed by atoms with Crippen molar-refractivity contribution in [1.82, 2.24) is 5.43 Å². The molecule has 0 bridgehead atoms. The van der Waals surface area contributed by atoms with Crippen molar-refractivity contribution >= 4 is 17.0 Å². The van der Waals surface area contributed by atoms with E-state index in [1.165, 1.54) is 10.8 Å². The highest BCUT2D eigenvalue weighted by atomic mass is 16.5. The number of nitrogens with zero attached hydrogens (tertiary/aromatic N) is 1. The minimum Gasteiger partial charge on any atom is -0.493 e. The minimum absolute atomic E-state index is 0.460. The largest absolute Gasteiger partial charge is 0.493 e. The third-order valence-corrected chi connectivity index (χ3v) is 5.57. The molecule has 0 aliphatic heterocycles. The molecule has 0 aromatic heterocycles. The lowest BCUT2D eigenvalue weighted by atomic mass is 10.1. The molecule has 6 heteroatoms. The van der Waals surface area contributed by atoms with Crippen LogP contribution in [0, 0.1) is 0 Å². The predicted octanol–water partition coefficient (Wildman–Crippen LogP) is 5.96. The summed E-state index contributed by atoms with van der Waals surface area (Å²) in [4.78, 5) is 0. The first-order valence-corrected chi connectivity index (χ1v) is 11.5. The Morgan fingerprint density at radius 3 is 2.40 bits per heavy atom. The number of hydrogen-bond donors (Lipinski definition) is 1. The zero-order valence-corrected chi connectivity index (χ0v) is 20.3. The molecule has 4 aromatic rings. The Kier molecular flexibility index (Phi) is 8.07. The molecule has 0 aliphatic rings. The van der Waals surface area contributed by atoms with Crippen molar-refractivity contribution < 1.29 is 18.9 Å². The summed E-state index contributed by atoms with van der Waals surface area (Å²) in [5, 5.41) is 6.74. The Morgan fingerprint density at radius 1 is 0.771 bits per heavy atom. The molecule has 0 unspecified atom stereocenters. The van der Waals surface area contributed by atoms with Crippen molar-refractivity contribution in [3.63, 3.8) is 0 Å². The van der Waals surface area contributed by atoms with Crippen molar-refractivity contribution in [1.29, 1.82) is 0 Å². The normalized spacial score (nSPS) is 10.9. The van der Waals surface area contributed by atoms with Gasteiger partial charge in [-0.05, 0) is 64.7 Å². The fourth-order valence-electron chi connectivity index (χ4n) is 3.81. The van der Waals surface area contributed by atoms with Crippen molar-refractivity contribution in [2.75, 3.05) is 20.8 Å². The summed E-state index contributed by atoms with van der Waals surface area (Å²) >= 11 is 0. The first kappa shape index (κ1) is 24.0. The van der Waals surface area contributed by atoms with Crippen molar-refractivity contribution in [2.45, 2.75) is 20.1 Å². The topological polar surface area (TPSA) is 61.3 Å². The standard InChI is InChI=1S/C29H30N2O4/c1-4-34-29-17-22(19-31-30-18-21-12-14-26(32-2)28(16-21)33-3)13-15-27(29)35-20-24-10-7-9-23-8-5-6-11-25(23)24/h5-17,19,30H,4,18,20H2,1-3H3/b31-19-. The van der Waals surface area contributed by atoms with Gasteiger partial charge < -0.3 is 24.4 Å². The van der Waals surface area contributed by atoms with E-state index < -0.39 is 0 Å². The summed E-state index contributed by atoms with van der Waals surface area (Å²) in [6, 6.07) is 26.2. The Morgan fingerprint density at radius 2 is 1.57 bits per heavy atom. The highest BCUT2D eigenvalue weighted by molar-refractivity contribution is 5.85. The molecule has 4 rings (SSSR count). The van der Waals surface area contributed by atoms with E-state index in [4.69, 9.17) is 18.9 Å². The molecule has 0 amide bonds. The third-order valence-electron chi connectivity index (χ3n) is 5.57. The molecule has 0 aliphatic carbocycles. The molecular formula is C29H30N2O4. The summed E-state index contributed by atoms with van der Waals surface area (Å²) in [7, 11) is 3.25. The van der Waals surface area contributed by atoms with Crippen LogP contribution in [0.1, 0.15) is 23.6 Å². The Balaban J connectivity index is 1.41. The van der Waals surface area contributed by atoms with Crippen LogP contribution >= 0.6 is 0 Å². The molecular weight excluding hydrogens is 440 g/mol. The van der Waals surface area contributed by atoms with Crippen molar-refractivity contribution in [3.8, 4) is 23.0 Å². The second-order valence-electron chi connectivity index (χ2n) is 7.85. The number of fused-ring (bicyclic) bond motifs is 1. The molecule has 1 N–H and O–H groups in total. The van der Waals surface area contributed by atoms with Gasteiger partial charge in [-0.25, -0.2) is 0 Å². The maximum atomic E-state index is 6.16. The zero-order chi connectivity index (χ0) is 24.5. The van der Waals surface area contributed by atoms with Gasteiger partial charge in [0.2, 0.25) is 0 Å². The average molecular weight is 471 g/mol. The van der Waals surface area contributed by atoms with E-state index in [0.29, 0.717) is 42.8 Å². The number of benzene rings is 4. The van der Waals surface area contributed by atoms with E-state index in [0.717, 1.165) is 16.7 Å². The van der Waals surface area contributed by atoms with E-state index in [1.54, 1.807) is 20.4 Å². The fraction of sp³-hybridized carbons (Fsp3) is 0.207. The number of rotatable bonds is 11. The monoisotopic (exact) mass is 470 g/mol. The summed E-state index contributed by atoms with van der Waals surface area (Å²) in [6.45, 7) is 3.52. The summed E-state index contributed by atoms with van der Waals surface area (Å²) in [6.07, 6.45) is 1.76. The smallest absolute Gasteiger partial charge is 0.161 e. The predicted molar refractivity (Wildman–Crippen MR) is 140 cm³/mol. The van der Waals surface area contributed by atoms with E-state index in [9.17, 15) is 0 Å². The quantitative estimate of drug-likeness (QED) is 0.217. The summed E-state index contributed by atoms with van der Waals surface area (Å²) < 4.78 is 22.6. The van der Waals surface area contributed by atoms with Gasteiger partial charge in [-0.1, -0.05) is 48.5 Å². The maximum absolute atomic E-state index is 6.16. The lowest BCUT2D eigenvalue weighted by molar-refractivity contribution is 0.270. The van der Waals surface area contributed by atoms with Gasteiger partial charge in [0.25, 0.3) is 0 Å². The molecule has 0 atom stereocenters. The van der Waals surface area contributed by atoms with E-state index in [1.807, 2.05) is 55.5 Å². The molecule has 4 aromatic carbocycles. The third kappa shape index (κ3) is 6.03. The molecule has 0 radical (unpaired) electrons. The molecule has 0 saturated carbocycles. The number of hydrogen-bond acceptors (Lipinski definition) is 6. The van der Waals surface area contributed by atoms with Gasteiger partial charge in [-0.3, -0.25) is 0 Å². The fourth-order valence-corrected chi connectivity index (χ4v) is 3.81.